The summed E-state index contributed by atoms with van der Waals surface area (Å²) in [6, 6.07) is 12.1. The summed E-state index contributed by atoms with van der Waals surface area (Å²) in [5.74, 6) is 0.581. The Kier molecular flexibility index (Phi) is 6.26. The summed E-state index contributed by atoms with van der Waals surface area (Å²) in [5.41, 5.74) is 2.23. The molecule has 0 radical (unpaired) electrons. The normalized spacial score (nSPS) is 10.2. The van der Waals surface area contributed by atoms with Crippen molar-refractivity contribution in [3.8, 4) is 5.75 Å². The van der Waals surface area contributed by atoms with Crippen LogP contribution in [0.25, 0.3) is 0 Å². The number of aliphatic hydroxyl groups is 1. The van der Waals surface area contributed by atoms with Crippen molar-refractivity contribution in [3.63, 3.8) is 0 Å². The lowest BCUT2D eigenvalue weighted by atomic mass is 10.1. The average Bonchev–Trinajstić information content (AvgIpc) is 2.56. The Bertz CT molecular complexity index is 677. The number of benzene rings is 2. The highest BCUT2D eigenvalue weighted by Gasteiger charge is 2.07. The second-order valence-electron chi connectivity index (χ2n) is 4.81. The molecule has 0 aliphatic rings. The fourth-order valence-corrected chi connectivity index (χ4v) is 2.32. The number of carbonyl (C=O) groups is 1. The third kappa shape index (κ3) is 4.87. The maximum atomic E-state index is 11.9. The molecule has 0 saturated heterocycles. The molecule has 0 heterocycles. The first-order valence-corrected chi connectivity index (χ1v) is 7.66. The molecular formula is C17H19ClN2O3. The quantitative estimate of drug-likeness (QED) is 0.756. The number of halogens is 1. The summed E-state index contributed by atoms with van der Waals surface area (Å²) < 4.78 is 5.34. The molecule has 0 atom stereocenters. The highest BCUT2D eigenvalue weighted by atomic mass is 35.5. The van der Waals surface area contributed by atoms with Crippen LogP contribution >= 0.6 is 11.6 Å². The lowest BCUT2D eigenvalue weighted by molar-refractivity contribution is 0.251. The fraction of sp³-hybridized carbons (Fsp3) is 0.235. The van der Waals surface area contributed by atoms with Crippen molar-refractivity contribution in [1.29, 1.82) is 0 Å². The van der Waals surface area contributed by atoms with E-state index in [1.807, 2.05) is 31.2 Å². The zero-order chi connectivity index (χ0) is 16.7. The highest BCUT2D eigenvalue weighted by Crippen LogP contribution is 2.27. The van der Waals surface area contributed by atoms with Gasteiger partial charge in [-0.15, -0.1) is 0 Å². The number of urea groups is 1. The van der Waals surface area contributed by atoms with Crippen LogP contribution in [-0.2, 0) is 13.2 Å². The minimum atomic E-state index is -0.349. The van der Waals surface area contributed by atoms with Gasteiger partial charge in [0.15, 0.2) is 0 Å². The first-order valence-electron chi connectivity index (χ1n) is 7.29. The minimum Gasteiger partial charge on any atom is -0.492 e. The minimum absolute atomic E-state index is 0.0615. The van der Waals surface area contributed by atoms with E-state index < -0.39 is 0 Å². The van der Waals surface area contributed by atoms with E-state index in [2.05, 4.69) is 10.6 Å². The van der Waals surface area contributed by atoms with Crippen molar-refractivity contribution >= 4 is 23.3 Å². The van der Waals surface area contributed by atoms with E-state index >= 15 is 0 Å². The lowest BCUT2D eigenvalue weighted by Crippen LogP contribution is -2.28. The molecule has 0 aromatic heterocycles. The Morgan fingerprint density at radius 2 is 1.96 bits per heavy atom. The third-order valence-corrected chi connectivity index (χ3v) is 3.51. The number of carbonyl (C=O) groups excluding carboxylic acids is 1. The molecule has 5 nitrogen and oxygen atoms in total. The second-order valence-corrected chi connectivity index (χ2v) is 5.22. The van der Waals surface area contributed by atoms with Crippen LogP contribution in [-0.4, -0.2) is 17.7 Å². The summed E-state index contributed by atoms with van der Waals surface area (Å²) in [7, 11) is 0. The Hall–Kier alpha value is -2.24. The fourth-order valence-electron chi connectivity index (χ4n) is 2.09. The van der Waals surface area contributed by atoms with Gasteiger partial charge in [0.2, 0.25) is 0 Å². The van der Waals surface area contributed by atoms with E-state index in [0.29, 0.717) is 29.6 Å². The summed E-state index contributed by atoms with van der Waals surface area (Å²) in [5, 5.41) is 15.2. The van der Waals surface area contributed by atoms with E-state index in [-0.39, 0.29) is 12.6 Å². The van der Waals surface area contributed by atoms with Gasteiger partial charge < -0.3 is 20.5 Å². The molecule has 2 amide bonds. The Labute approximate surface area is 140 Å². The molecule has 0 fully saturated rings. The zero-order valence-electron chi connectivity index (χ0n) is 12.8. The number of ether oxygens (including phenoxy) is 1. The van der Waals surface area contributed by atoms with Crippen LogP contribution in [0.3, 0.4) is 0 Å². The maximum absolute atomic E-state index is 11.9. The summed E-state index contributed by atoms with van der Waals surface area (Å²) in [4.78, 5) is 11.9. The molecular weight excluding hydrogens is 316 g/mol. The smallest absolute Gasteiger partial charge is 0.319 e. The van der Waals surface area contributed by atoms with Gasteiger partial charge in [-0.2, -0.15) is 0 Å². The zero-order valence-corrected chi connectivity index (χ0v) is 13.6. The van der Waals surface area contributed by atoms with Gasteiger partial charge in [-0.1, -0.05) is 35.9 Å². The van der Waals surface area contributed by atoms with Crippen LogP contribution in [0, 0.1) is 0 Å². The Morgan fingerprint density at radius 3 is 2.61 bits per heavy atom. The Balaban J connectivity index is 1.93. The van der Waals surface area contributed by atoms with Crippen LogP contribution in [0.1, 0.15) is 18.1 Å². The maximum Gasteiger partial charge on any atom is 0.319 e. The van der Waals surface area contributed by atoms with Gasteiger partial charge in [0, 0.05) is 12.2 Å². The SMILES string of the molecule is CCOc1ccc(NC(=O)NCc2ccccc2CO)cc1Cl. The standard InChI is InChI=1S/C17H19ClN2O3/c1-2-23-16-8-7-14(9-15(16)18)20-17(22)19-10-12-5-3-4-6-13(12)11-21/h3-9,21H,2,10-11H2,1H3,(H2,19,20,22). The molecule has 6 heteroatoms. The molecule has 0 saturated carbocycles. The van der Waals surface area contributed by atoms with Crippen molar-refractivity contribution in [3.05, 3.63) is 58.6 Å². The third-order valence-electron chi connectivity index (χ3n) is 3.22. The van der Waals surface area contributed by atoms with Crippen LogP contribution < -0.4 is 15.4 Å². The summed E-state index contributed by atoms with van der Waals surface area (Å²) >= 11 is 6.08. The number of hydrogen-bond donors (Lipinski definition) is 3. The number of anilines is 1. The highest BCUT2D eigenvalue weighted by molar-refractivity contribution is 6.32. The van der Waals surface area contributed by atoms with Crippen molar-refractivity contribution < 1.29 is 14.6 Å². The van der Waals surface area contributed by atoms with Crippen LogP contribution in [0.2, 0.25) is 5.02 Å². The monoisotopic (exact) mass is 334 g/mol. The number of hydrogen-bond acceptors (Lipinski definition) is 3. The average molecular weight is 335 g/mol. The predicted molar refractivity (Wildman–Crippen MR) is 90.8 cm³/mol. The van der Waals surface area contributed by atoms with Gasteiger partial charge in [-0.25, -0.2) is 4.79 Å². The molecule has 2 aromatic carbocycles. The first kappa shape index (κ1) is 17.1. The van der Waals surface area contributed by atoms with Crippen LogP contribution in [0.15, 0.2) is 42.5 Å². The molecule has 0 aliphatic heterocycles. The largest absolute Gasteiger partial charge is 0.492 e. The van der Waals surface area contributed by atoms with Crippen LogP contribution in [0.4, 0.5) is 10.5 Å². The lowest BCUT2D eigenvalue weighted by Gasteiger charge is -2.11. The number of nitrogens with one attached hydrogen (secondary N) is 2. The van der Waals surface area contributed by atoms with Crippen LogP contribution in [0.5, 0.6) is 5.75 Å². The number of rotatable bonds is 6. The molecule has 122 valence electrons. The van der Waals surface area contributed by atoms with E-state index in [1.54, 1.807) is 18.2 Å². The molecule has 0 aliphatic carbocycles. The van der Waals surface area contributed by atoms with Crippen molar-refractivity contribution in [2.24, 2.45) is 0 Å². The van der Waals surface area contributed by atoms with Crippen molar-refractivity contribution in [1.82, 2.24) is 5.32 Å². The molecule has 2 aromatic rings. The number of amides is 2. The van der Waals surface area contributed by atoms with Gasteiger partial charge in [0.25, 0.3) is 0 Å². The van der Waals surface area contributed by atoms with Crippen molar-refractivity contribution in [2.45, 2.75) is 20.1 Å². The summed E-state index contributed by atoms with van der Waals surface area (Å²) in [6.45, 7) is 2.67. The molecule has 23 heavy (non-hydrogen) atoms. The molecule has 0 unspecified atom stereocenters. The van der Waals surface area contributed by atoms with Gasteiger partial charge in [-0.05, 0) is 36.2 Å². The van der Waals surface area contributed by atoms with Crippen molar-refractivity contribution in [2.75, 3.05) is 11.9 Å². The van der Waals surface area contributed by atoms with E-state index in [0.717, 1.165) is 11.1 Å². The van der Waals surface area contributed by atoms with Gasteiger partial charge in [0.1, 0.15) is 5.75 Å². The first-order chi connectivity index (χ1) is 11.1. The molecule has 2 rings (SSSR count). The second kappa shape index (κ2) is 8.41. The topological polar surface area (TPSA) is 70.6 Å². The predicted octanol–water partition coefficient (Wildman–Crippen LogP) is 3.55. The molecule has 0 spiro atoms. The van der Waals surface area contributed by atoms with Gasteiger partial charge in [-0.3, -0.25) is 0 Å². The van der Waals surface area contributed by atoms with Gasteiger partial charge in [0.05, 0.1) is 18.2 Å². The summed E-state index contributed by atoms with van der Waals surface area (Å²) in [6.07, 6.45) is 0. The number of aliphatic hydroxyl groups excluding tert-OH is 1. The molecule has 3 N–H and O–H groups in total. The van der Waals surface area contributed by atoms with Gasteiger partial charge >= 0.3 is 6.03 Å². The van der Waals surface area contributed by atoms with E-state index in [9.17, 15) is 9.90 Å². The Morgan fingerprint density at radius 1 is 1.22 bits per heavy atom. The molecule has 0 bridgehead atoms. The van der Waals surface area contributed by atoms with E-state index in [4.69, 9.17) is 16.3 Å². The van der Waals surface area contributed by atoms with E-state index in [1.165, 1.54) is 0 Å².